The minimum Gasteiger partial charge on any atom is -0.480 e. The van der Waals surface area contributed by atoms with Crippen LogP contribution in [0.25, 0.3) is 0 Å². The van der Waals surface area contributed by atoms with Crippen molar-refractivity contribution in [1.29, 1.82) is 0 Å². The van der Waals surface area contributed by atoms with Gasteiger partial charge in [0.2, 0.25) is 15.9 Å². The van der Waals surface area contributed by atoms with Crippen molar-refractivity contribution < 1.29 is 27.9 Å². The summed E-state index contributed by atoms with van der Waals surface area (Å²) >= 11 is 0. The summed E-state index contributed by atoms with van der Waals surface area (Å²) in [5, 5.41) is 8.87. The van der Waals surface area contributed by atoms with Gasteiger partial charge in [0.05, 0.1) is 19.0 Å². The molecule has 0 radical (unpaired) electrons. The Morgan fingerprint density at radius 2 is 2.04 bits per heavy atom. The summed E-state index contributed by atoms with van der Waals surface area (Å²) in [5.41, 5.74) is 0. The lowest BCUT2D eigenvalue weighted by Crippen LogP contribution is -2.51. The van der Waals surface area contributed by atoms with Crippen LogP contribution >= 0.6 is 0 Å². The molecule has 9 heteroatoms. The second-order valence-corrected chi connectivity index (χ2v) is 9.05. The Bertz CT molecular complexity index is 617. The smallest absolute Gasteiger partial charge is 0.318 e. The Balaban J connectivity index is 1.56. The van der Waals surface area contributed by atoms with Gasteiger partial charge in [0.25, 0.3) is 0 Å². The third-order valence-corrected chi connectivity index (χ3v) is 6.24. The van der Waals surface area contributed by atoms with E-state index in [0.29, 0.717) is 25.6 Å². The Kier molecular flexibility index (Phi) is 4.85. The zero-order valence-corrected chi connectivity index (χ0v) is 14.6. The van der Waals surface area contributed by atoms with Crippen LogP contribution in [-0.2, 0) is 24.3 Å². The number of aliphatic carboxylic acids is 1. The second kappa shape index (κ2) is 6.61. The van der Waals surface area contributed by atoms with Gasteiger partial charge in [-0.05, 0) is 31.1 Å². The first-order valence-corrected chi connectivity index (χ1v) is 10.2. The number of carbonyl (C=O) groups is 2. The molecule has 2 aliphatic carbocycles. The molecule has 0 unspecified atom stereocenters. The van der Waals surface area contributed by atoms with Crippen LogP contribution in [-0.4, -0.2) is 79.8 Å². The lowest BCUT2D eigenvalue weighted by Gasteiger charge is -2.35. The minimum absolute atomic E-state index is 0.0500. The number of nitrogens with zero attached hydrogens (tertiary/aromatic N) is 2. The van der Waals surface area contributed by atoms with Gasteiger partial charge in [0.15, 0.2) is 0 Å². The zero-order chi connectivity index (χ0) is 17.5. The minimum atomic E-state index is -3.64. The van der Waals surface area contributed by atoms with Gasteiger partial charge < -0.3 is 14.7 Å². The molecule has 1 amide bonds. The molecule has 1 heterocycles. The van der Waals surface area contributed by atoms with Crippen LogP contribution in [0.2, 0.25) is 0 Å². The molecule has 3 fully saturated rings. The molecule has 0 aromatic carbocycles. The van der Waals surface area contributed by atoms with E-state index in [0.717, 1.165) is 22.9 Å². The maximum Gasteiger partial charge on any atom is 0.318 e. The van der Waals surface area contributed by atoms with Crippen LogP contribution in [0.1, 0.15) is 19.3 Å². The van der Waals surface area contributed by atoms with E-state index in [-0.39, 0.29) is 18.4 Å². The highest BCUT2D eigenvalue weighted by Gasteiger charge is 2.52. The quantitative estimate of drug-likeness (QED) is 0.663. The van der Waals surface area contributed by atoms with Crippen molar-refractivity contribution in [3.05, 3.63) is 0 Å². The lowest BCUT2D eigenvalue weighted by molar-refractivity contribution is -0.142. The van der Waals surface area contributed by atoms with Crippen molar-refractivity contribution in [2.75, 3.05) is 39.0 Å². The summed E-state index contributed by atoms with van der Waals surface area (Å²) in [5.74, 6) is 0.324. The average Bonchev–Trinajstić information content (AvgIpc) is 3.36. The van der Waals surface area contributed by atoms with Crippen molar-refractivity contribution in [1.82, 2.24) is 9.21 Å². The molecule has 1 saturated heterocycles. The van der Waals surface area contributed by atoms with Gasteiger partial charge in [-0.3, -0.25) is 9.59 Å². The lowest BCUT2D eigenvalue weighted by atomic mass is 10.2. The van der Waals surface area contributed by atoms with E-state index >= 15 is 0 Å². The maximum absolute atomic E-state index is 12.6. The molecule has 24 heavy (non-hydrogen) atoms. The van der Waals surface area contributed by atoms with Crippen LogP contribution < -0.4 is 0 Å². The number of carbonyl (C=O) groups excluding carboxylic acids is 1. The number of morpholine rings is 1. The van der Waals surface area contributed by atoms with Gasteiger partial charge in [-0.2, -0.15) is 4.31 Å². The number of amides is 1. The summed E-state index contributed by atoms with van der Waals surface area (Å²) in [6, 6.07) is 0. The van der Waals surface area contributed by atoms with Crippen LogP contribution in [0.5, 0.6) is 0 Å². The predicted molar refractivity (Wildman–Crippen MR) is 84.7 cm³/mol. The molecule has 1 aliphatic heterocycles. The predicted octanol–water partition coefficient (Wildman–Crippen LogP) is -0.394. The molecule has 2 saturated carbocycles. The van der Waals surface area contributed by atoms with Gasteiger partial charge >= 0.3 is 5.97 Å². The van der Waals surface area contributed by atoms with Gasteiger partial charge in [-0.25, -0.2) is 8.42 Å². The van der Waals surface area contributed by atoms with Gasteiger partial charge in [0.1, 0.15) is 6.54 Å². The summed E-state index contributed by atoms with van der Waals surface area (Å²) in [6.45, 7) is 0.534. The Morgan fingerprint density at radius 1 is 1.33 bits per heavy atom. The number of sulfonamides is 1. The van der Waals surface area contributed by atoms with E-state index in [4.69, 9.17) is 9.84 Å². The molecule has 1 N–H and O–H groups in total. The zero-order valence-electron chi connectivity index (χ0n) is 13.8. The summed E-state index contributed by atoms with van der Waals surface area (Å²) in [7, 11) is -3.64. The molecule has 3 aliphatic rings. The standard InChI is InChI=1S/C15H24N2O6S/c1-24(21,22)17(9-14(18)19)8-11-7-16(4-5-23-11)15(20)13-6-12(13)10-2-3-10/h10-13H,2-9H2,1H3,(H,18,19)/t11-,12-,13+/m0/s1. The molecular weight excluding hydrogens is 336 g/mol. The van der Waals surface area contributed by atoms with Crippen molar-refractivity contribution >= 4 is 21.9 Å². The van der Waals surface area contributed by atoms with E-state index < -0.39 is 28.6 Å². The molecule has 0 bridgehead atoms. The monoisotopic (exact) mass is 360 g/mol. The molecule has 136 valence electrons. The second-order valence-electron chi connectivity index (χ2n) is 7.07. The van der Waals surface area contributed by atoms with E-state index in [1.807, 2.05) is 0 Å². The summed E-state index contributed by atoms with van der Waals surface area (Å²) in [4.78, 5) is 25.2. The molecule has 8 nitrogen and oxygen atoms in total. The van der Waals surface area contributed by atoms with E-state index in [9.17, 15) is 18.0 Å². The van der Waals surface area contributed by atoms with E-state index in [1.165, 1.54) is 12.8 Å². The van der Waals surface area contributed by atoms with Crippen molar-refractivity contribution in [2.24, 2.45) is 17.8 Å². The molecule has 0 aromatic rings. The molecule has 0 aromatic heterocycles. The number of carboxylic acid groups (broad SMARTS) is 1. The van der Waals surface area contributed by atoms with Crippen LogP contribution in [0, 0.1) is 17.8 Å². The first kappa shape index (κ1) is 17.6. The number of rotatable bonds is 7. The van der Waals surface area contributed by atoms with Crippen LogP contribution in [0.4, 0.5) is 0 Å². The SMILES string of the molecule is CS(=O)(=O)N(CC(=O)O)C[C@@H]1CN(C(=O)[C@@H]2C[C@H]2C2CC2)CCO1. The van der Waals surface area contributed by atoms with Gasteiger partial charge in [-0.1, -0.05) is 0 Å². The maximum atomic E-state index is 12.6. The summed E-state index contributed by atoms with van der Waals surface area (Å²) < 4.78 is 29.9. The third kappa shape index (κ3) is 4.25. The highest BCUT2D eigenvalue weighted by Crippen LogP contribution is 2.54. The first-order chi connectivity index (χ1) is 11.3. The molecular formula is C15H24N2O6S. The Morgan fingerprint density at radius 3 is 2.62 bits per heavy atom. The third-order valence-electron chi connectivity index (χ3n) is 5.02. The highest BCUT2D eigenvalue weighted by atomic mass is 32.2. The largest absolute Gasteiger partial charge is 0.480 e. The molecule has 3 atom stereocenters. The fraction of sp³-hybridized carbons (Fsp3) is 0.867. The number of carboxylic acids is 1. The van der Waals surface area contributed by atoms with E-state index in [2.05, 4.69) is 0 Å². The van der Waals surface area contributed by atoms with Crippen LogP contribution in [0.15, 0.2) is 0 Å². The highest BCUT2D eigenvalue weighted by molar-refractivity contribution is 7.88. The fourth-order valence-electron chi connectivity index (χ4n) is 3.50. The van der Waals surface area contributed by atoms with Gasteiger partial charge in [0, 0.05) is 25.6 Å². The fourth-order valence-corrected chi connectivity index (χ4v) is 4.29. The average molecular weight is 360 g/mol. The number of hydrogen-bond acceptors (Lipinski definition) is 5. The Hall–Kier alpha value is -1.19. The summed E-state index contributed by atoms with van der Waals surface area (Å²) in [6.07, 6.45) is 3.93. The topological polar surface area (TPSA) is 104 Å². The van der Waals surface area contributed by atoms with E-state index in [1.54, 1.807) is 4.90 Å². The van der Waals surface area contributed by atoms with Crippen molar-refractivity contribution in [3.63, 3.8) is 0 Å². The normalized spacial score (nSPS) is 30.4. The Labute approximate surface area is 141 Å². The number of hydrogen-bond donors (Lipinski definition) is 1. The van der Waals surface area contributed by atoms with Crippen molar-refractivity contribution in [3.8, 4) is 0 Å². The van der Waals surface area contributed by atoms with Gasteiger partial charge in [-0.15, -0.1) is 0 Å². The molecule has 3 rings (SSSR count). The van der Waals surface area contributed by atoms with Crippen LogP contribution in [0.3, 0.4) is 0 Å². The number of ether oxygens (including phenoxy) is 1. The first-order valence-electron chi connectivity index (χ1n) is 8.33. The van der Waals surface area contributed by atoms with Crippen molar-refractivity contribution in [2.45, 2.75) is 25.4 Å². The molecule has 0 spiro atoms.